The zero-order valence-electron chi connectivity index (χ0n) is 24.4. The number of aryl methyl sites for hydroxylation is 2. The Morgan fingerprint density at radius 3 is 2.31 bits per heavy atom. The second-order valence-electron chi connectivity index (χ2n) is 11.6. The fraction of sp³-hybridized carbons (Fsp3) is 0.586. The van der Waals surface area contributed by atoms with Crippen molar-refractivity contribution in [3.05, 3.63) is 55.5 Å². The Morgan fingerprint density at radius 2 is 1.74 bits per heavy atom. The monoisotopic (exact) mass is 557 g/mol. The number of pyridine rings is 1. The fourth-order valence-corrected chi connectivity index (χ4v) is 5.82. The van der Waals surface area contributed by atoms with Crippen molar-refractivity contribution in [2.75, 3.05) is 24.7 Å². The number of nitrogens with one attached hydrogen (secondary N) is 2. The van der Waals surface area contributed by atoms with Crippen LogP contribution in [-0.4, -0.2) is 55.0 Å². The highest BCUT2D eigenvalue weighted by atomic mass is 35.5. The minimum Gasteiger partial charge on any atom is -0.399 e. The number of carbonyl (C=O) groups is 1. The molecule has 0 aliphatic carbocycles. The lowest BCUT2D eigenvalue weighted by atomic mass is 9.76. The molecule has 2 aromatic rings. The molecule has 2 fully saturated rings. The van der Waals surface area contributed by atoms with E-state index in [1.54, 1.807) is 0 Å². The molecule has 39 heavy (non-hydrogen) atoms. The first-order chi connectivity index (χ1) is 18.3. The maximum absolute atomic E-state index is 13.8. The van der Waals surface area contributed by atoms with E-state index in [1.165, 1.54) is 0 Å². The summed E-state index contributed by atoms with van der Waals surface area (Å²) in [6.07, 6.45) is 1.80. The normalized spacial score (nSPS) is 18.8. The van der Waals surface area contributed by atoms with Crippen LogP contribution < -0.4 is 21.2 Å². The number of hydrogen-bond acceptors (Lipinski definition) is 6. The number of anilines is 1. The summed E-state index contributed by atoms with van der Waals surface area (Å²) in [5.74, 6) is -0.348. The predicted octanol–water partition coefficient (Wildman–Crippen LogP) is 4.19. The quantitative estimate of drug-likeness (QED) is 0.496. The van der Waals surface area contributed by atoms with Gasteiger partial charge in [0.2, 0.25) is 0 Å². The molecule has 1 aromatic carbocycles. The Balaban J connectivity index is 1.78. The lowest BCUT2D eigenvalue weighted by Crippen LogP contribution is -2.42. The Morgan fingerprint density at radius 1 is 1.13 bits per heavy atom. The number of rotatable bonds is 7. The average molecular weight is 558 g/mol. The van der Waals surface area contributed by atoms with E-state index in [2.05, 4.69) is 22.1 Å². The summed E-state index contributed by atoms with van der Waals surface area (Å²) >= 11 is 7.02. The van der Waals surface area contributed by atoms with Crippen LogP contribution in [0, 0.1) is 20.8 Å². The molecule has 2 aliphatic heterocycles. The number of benzene rings is 1. The van der Waals surface area contributed by atoms with E-state index in [4.69, 9.17) is 25.6 Å². The molecule has 0 spiro atoms. The third-order valence-corrected chi connectivity index (χ3v) is 8.87. The minimum atomic E-state index is -0.732. The lowest BCUT2D eigenvalue weighted by Gasteiger charge is -2.37. The fourth-order valence-electron chi connectivity index (χ4n) is 5.45. The van der Waals surface area contributed by atoms with E-state index in [-0.39, 0.29) is 24.1 Å². The smallest absolute Gasteiger partial charge is 0.399 e. The molecular formula is C29H41BClN3O5. The van der Waals surface area contributed by atoms with Crippen LogP contribution in [0.1, 0.15) is 80.2 Å². The second kappa shape index (κ2) is 11.3. The van der Waals surface area contributed by atoms with Gasteiger partial charge in [-0.05, 0) is 91.5 Å². The zero-order chi connectivity index (χ0) is 28.7. The molecule has 2 N–H and O–H groups in total. The first-order valence-corrected chi connectivity index (χ1v) is 14.2. The van der Waals surface area contributed by atoms with Gasteiger partial charge in [0.15, 0.2) is 0 Å². The lowest BCUT2D eigenvalue weighted by molar-refractivity contribution is 0.00578. The van der Waals surface area contributed by atoms with Crippen molar-refractivity contribution in [1.82, 2.24) is 10.3 Å². The van der Waals surface area contributed by atoms with E-state index < -0.39 is 18.3 Å². The topological polar surface area (TPSA) is 92.9 Å². The van der Waals surface area contributed by atoms with E-state index in [0.29, 0.717) is 34.8 Å². The van der Waals surface area contributed by atoms with Gasteiger partial charge in [0, 0.05) is 54.8 Å². The number of aromatic nitrogens is 1. The molecular weight excluding hydrogens is 517 g/mol. The molecule has 0 atom stereocenters. The minimum absolute atomic E-state index is 0.0869. The van der Waals surface area contributed by atoms with E-state index in [1.807, 2.05) is 60.6 Å². The molecule has 212 valence electrons. The number of amides is 1. The molecule has 0 radical (unpaired) electrons. The summed E-state index contributed by atoms with van der Waals surface area (Å²) in [4.78, 5) is 31.5. The first kappa shape index (κ1) is 29.7. The van der Waals surface area contributed by atoms with E-state index in [9.17, 15) is 9.59 Å². The summed E-state index contributed by atoms with van der Waals surface area (Å²) < 4.78 is 18.4. The van der Waals surface area contributed by atoms with E-state index >= 15 is 0 Å². The molecule has 0 bridgehead atoms. The van der Waals surface area contributed by atoms with Gasteiger partial charge in [-0.25, -0.2) is 0 Å². The molecule has 2 saturated heterocycles. The molecule has 2 aliphatic rings. The van der Waals surface area contributed by atoms with Crippen LogP contribution in [0.25, 0.3) is 0 Å². The van der Waals surface area contributed by atoms with Gasteiger partial charge >= 0.3 is 7.12 Å². The van der Waals surface area contributed by atoms with Crippen molar-refractivity contribution in [2.24, 2.45) is 0 Å². The van der Waals surface area contributed by atoms with Crippen molar-refractivity contribution >= 4 is 35.8 Å². The molecule has 0 saturated carbocycles. The number of hydrogen-bond donors (Lipinski definition) is 2. The van der Waals surface area contributed by atoms with Crippen LogP contribution in [0.5, 0.6) is 0 Å². The van der Waals surface area contributed by atoms with Crippen molar-refractivity contribution in [3.8, 4) is 0 Å². The molecule has 0 unspecified atom stereocenters. The number of H-pyrrole nitrogens is 1. The number of ether oxygens (including phenoxy) is 1. The number of carbonyl (C=O) groups excluding carboxylic acids is 1. The third kappa shape index (κ3) is 5.78. The van der Waals surface area contributed by atoms with Gasteiger partial charge < -0.3 is 29.2 Å². The highest BCUT2D eigenvalue weighted by molar-refractivity contribution is 6.66. The van der Waals surface area contributed by atoms with Gasteiger partial charge in [-0.2, -0.15) is 0 Å². The maximum Gasteiger partial charge on any atom is 0.496 e. The summed E-state index contributed by atoms with van der Waals surface area (Å²) in [7, 11) is -0.732. The van der Waals surface area contributed by atoms with Crippen LogP contribution in [0.4, 0.5) is 5.69 Å². The molecule has 1 amide bonds. The molecule has 4 rings (SSSR count). The van der Waals surface area contributed by atoms with Crippen molar-refractivity contribution in [1.29, 1.82) is 0 Å². The van der Waals surface area contributed by atoms with Crippen molar-refractivity contribution in [3.63, 3.8) is 0 Å². The van der Waals surface area contributed by atoms with Gasteiger partial charge in [0.1, 0.15) is 0 Å². The maximum atomic E-state index is 13.8. The highest BCUT2D eigenvalue weighted by Crippen LogP contribution is 2.39. The Labute approximate surface area is 236 Å². The predicted molar refractivity (Wildman–Crippen MR) is 156 cm³/mol. The summed E-state index contributed by atoms with van der Waals surface area (Å²) in [5, 5.41) is 3.24. The second-order valence-corrected chi connectivity index (χ2v) is 12.0. The highest BCUT2D eigenvalue weighted by Gasteiger charge is 2.52. The SMILES string of the molecule is CCN(c1cc(B2OC(C)(C)C(C)(C)O2)c(Cl)c(C(=O)NCc2c(C)cc(C)[nH]c2=O)c1C)C1CCOCC1. The summed E-state index contributed by atoms with van der Waals surface area (Å²) in [6, 6.07) is 4.19. The van der Waals surface area contributed by atoms with Crippen LogP contribution in [0.3, 0.4) is 0 Å². The Hall–Kier alpha value is -2.33. The van der Waals surface area contributed by atoms with Crippen LogP contribution in [0.15, 0.2) is 16.9 Å². The molecule has 10 heteroatoms. The Kier molecular flexibility index (Phi) is 8.57. The van der Waals surface area contributed by atoms with Gasteiger partial charge in [-0.3, -0.25) is 9.59 Å². The molecule has 3 heterocycles. The third-order valence-electron chi connectivity index (χ3n) is 8.46. The summed E-state index contributed by atoms with van der Waals surface area (Å²) in [5.41, 5.74) is 3.46. The van der Waals surface area contributed by atoms with Gasteiger partial charge in [-0.15, -0.1) is 0 Å². The largest absolute Gasteiger partial charge is 0.496 e. The average Bonchev–Trinajstić information content (AvgIpc) is 3.07. The van der Waals surface area contributed by atoms with Gasteiger partial charge in [0.05, 0.1) is 21.8 Å². The zero-order valence-corrected chi connectivity index (χ0v) is 25.2. The van der Waals surface area contributed by atoms with Gasteiger partial charge in [0.25, 0.3) is 11.5 Å². The standard InChI is InChI=1S/C29H41BClN3O5/c1-9-34(20-10-12-37-13-11-20)23-15-22(30-38-28(5,6)29(7,8)39-30)25(31)24(19(23)4)27(36)32-16-21-17(2)14-18(3)33-26(21)35/h14-15,20H,9-13,16H2,1-8H3,(H,32,36)(H,33,35). The summed E-state index contributed by atoms with van der Waals surface area (Å²) in [6.45, 7) is 18.0. The van der Waals surface area contributed by atoms with Gasteiger partial charge in [-0.1, -0.05) is 11.6 Å². The first-order valence-electron chi connectivity index (χ1n) is 13.8. The van der Waals surface area contributed by atoms with Crippen LogP contribution >= 0.6 is 11.6 Å². The number of aromatic amines is 1. The van der Waals surface area contributed by atoms with Crippen molar-refractivity contribution < 1.29 is 18.8 Å². The molecule has 8 nitrogen and oxygen atoms in total. The number of nitrogens with zero attached hydrogens (tertiary/aromatic N) is 1. The Bertz CT molecular complexity index is 1290. The van der Waals surface area contributed by atoms with Crippen LogP contribution in [0.2, 0.25) is 5.02 Å². The van der Waals surface area contributed by atoms with Crippen LogP contribution in [-0.2, 0) is 20.6 Å². The van der Waals surface area contributed by atoms with Crippen molar-refractivity contribution in [2.45, 2.75) is 92.0 Å². The van der Waals surface area contributed by atoms with E-state index in [0.717, 1.165) is 41.9 Å². The molecule has 1 aromatic heterocycles. The number of halogens is 1.